The maximum atomic E-state index is 12.1. The number of fused-ring (bicyclic) bond motifs is 1. The lowest BCUT2D eigenvalue weighted by Gasteiger charge is -2.13. The molecule has 1 aliphatic heterocycles. The zero-order chi connectivity index (χ0) is 15.9. The summed E-state index contributed by atoms with van der Waals surface area (Å²) in [7, 11) is 1.80. The molecule has 114 valence electrons. The number of benzene rings is 1. The fraction of sp³-hybridized carbons (Fsp3) is 0.267. The first kappa shape index (κ1) is 14.1. The highest BCUT2D eigenvalue weighted by atomic mass is 16.5. The average molecular weight is 301 g/mol. The lowest BCUT2D eigenvalue weighted by molar-refractivity contribution is 0.0697. The zero-order valence-corrected chi connectivity index (χ0v) is 12.2. The summed E-state index contributed by atoms with van der Waals surface area (Å²) in [6.07, 6.45) is 1.64. The number of hydrogen-bond acceptors (Lipinski definition) is 4. The molecule has 2 aromatic rings. The van der Waals surface area contributed by atoms with Crippen LogP contribution in [-0.2, 0) is 7.05 Å². The first-order chi connectivity index (χ1) is 10.5. The van der Waals surface area contributed by atoms with Crippen molar-refractivity contribution < 1.29 is 19.4 Å². The van der Waals surface area contributed by atoms with Crippen molar-refractivity contribution in [3.63, 3.8) is 0 Å². The van der Waals surface area contributed by atoms with Gasteiger partial charge in [0.25, 0.3) is 5.91 Å². The molecule has 0 saturated carbocycles. The summed E-state index contributed by atoms with van der Waals surface area (Å²) in [4.78, 5) is 23.5. The Morgan fingerprint density at radius 2 is 2.09 bits per heavy atom. The van der Waals surface area contributed by atoms with E-state index in [4.69, 9.17) is 4.74 Å². The molecule has 0 spiro atoms. The van der Waals surface area contributed by atoms with Crippen molar-refractivity contribution in [1.82, 2.24) is 15.1 Å². The van der Waals surface area contributed by atoms with Crippen LogP contribution in [0.25, 0.3) is 11.1 Å². The van der Waals surface area contributed by atoms with Gasteiger partial charge >= 0.3 is 5.97 Å². The van der Waals surface area contributed by atoms with Gasteiger partial charge in [0.2, 0.25) is 0 Å². The predicted octanol–water partition coefficient (Wildman–Crippen LogP) is 1.22. The van der Waals surface area contributed by atoms with E-state index in [-0.39, 0.29) is 17.0 Å². The highest BCUT2D eigenvalue weighted by Crippen LogP contribution is 2.37. The first-order valence-corrected chi connectivity index (χ1v) is 6.80. The van der Waals surface area contributed by atoms with Gasteiger partial charge in [0.15, 0.2) is 0 Å². The molecule has 0 atom stereocenters. The number of carboxylic acid groups (broad SMARTS) is 1. The largest absolute Gasteiger partial charge is 0.490 e. The van der Waals surface area contributed by atoms with E-state index < -0.39 is 5.97 Å². The fourth-order valence-electron chi connectivity index (χ4n) is 2.45. The maximum Gasteiger partial charge on any atom is 0.335 e. The van der Waals surface area contributed by atoms with Crippen LogP contribution in [0.4, 0.5) is 0 Å². The van der Waals surface area contributed by atoms with Gasteiger partial charge in [-0.05, 0) is 19.1 Å². The topological polar surface area (TPSA) is 93.4 Å². The van der Waals surface area contributed by atoms with E-state index in [2.05, 4.69) is 10.4 Å². The lowest BCUT2D eigenvalue weighted by atomic mass is 9.98. The van der Waals surface area contributed by atoms with E-state index in [0.29, 0.717) is 24.5 Å². The summed E-state index contributed by atoms with van der Waals surface area (Å²) in [6, 6.07) is 2.86. The van der Waals surface area contributed by atoms with Gasteiger partial charge in [0, 0.05) is 23.9 Å². The van der Waals surface area contributed by atoms with Gasteiger partial charge in [-0.25, -0.2) is 4.79 Å². The second-order valence-electron chi connectivity index (χ2n) is 5.08. The Kier molecular flexibility index (Phi) is 3.32. The number of amides is 1. The minimum Gasteiger partial charge on any atom is -0.490 e. The van der Waals surface area contributed by atoms with Crippen molar-refractivity contribution in [2.45, 2.75) is 6.92 Å². The monoisotopic (exact) mass is 301 g/mol. The molecule has 0 aliphatic carbocycles. The molecule has 1 aliphatic rings. The summed E-state index contributed by atoms with van der Waals surface area (Å²) < 4.78 is 7.38. The second kappa shape index (κ2) is 5.18. The number of ether oxygens (including phenoxy) is 1. The van der Waals surface area contributed by atoms with Crippen LogP contribution in [0.3, 0.4) is 0 Å². The molecule has 0 unspecified atom stereocenters. The minimum atomic E-state index is -1.09. The smallest absolute Gasteiger partial charge is 0.335 e. The van der Waals surface area contributed by atoms with E-state index in [1.165, 1.54) is 12.1 Å². The lowest BCUT2D eigenvalue weighted by Crippen LogP contribution is -2.24. The highest BCUT2D eigenvalue weighted by Gasteiger charge is 2.24. The molecular weight excluding hydrogens is 286 g/mol. The molecule has 0 fully saturated rings. The van der Waals surface area contributed by atoms with E-state index >= 15 is 0 Å². The summed E-state index contributed by atoms with van der Waals surface area (Å²) >= 11 is 0. The fourth-order valence-corrected chi connectivity index (χ4v) is 2.45. The second-order valence-corrected chi connectivity index (χ2v) is 5.08. The molecular formula is C15H15N3O4. The Bertz CT molecular complexity index is 779. The van der Waals surface area contributed by atoms with Crippen LogP contribution in [0.15, 0.2) is 18.3 Å². The molecule has 22 heavy (non-hydrogen) atoms. The Morgan fingerprint density at radius 3 is 2.73 bits per heavy atom. The highest BCUT2D eigenvalue weighted by molar-refractivity contribution is 6.03. The van der Waals surface area contributed by atoms with Crippen LogP contribution >= 0.6 is 0 Å². The number of aromatic carboxylic acids is 1. The number of carbonyl (C=O) groups excluding carboxylic acids is 1. The van der Waals surface area contributed by atoms with Crippen molar-refractivity contribution in [2.75, 3.05) is 13.2 Å². The van der Waals surface area contributed by atoms with Gasteiger partial charge in [-0.1, -0.05) is 0 Å². The van der Waals surface area contributed by atoms with Crippen LogP contribution in [0.2, 0.25) is 0 Å². The van der Waals surface area contributed by atoms with E-state index in [9.17, 15) is 14.7 Å². The van der Waals surface area contributed by atoms with Crippen LogP contribution in [0, 0.1) is 6.92 Å². The molecule has 7 nitrogen and oxygen atoms in total. The Labute approximate surface area is 126 Å². The van der Waals surface area contributed by atoms with Gasteiger partial charge in [0.1, 0.15) is 12.4 Å². The van der Waals surface area contributed by atoms with Crippen molar-refractivity contribution >= 4 is 11.9 Å². The molecule has 3 rings (SSSR count). The number of rotatable bonds is 2. The van der Waals surface area contributed by atoms with Gasteiger partial charge < -0.3 is 15.2 Å². The number of hydrogen-bond donors (Lipinski definition) is 2. The molecule has 0 bridgehead atoms. The zero-order valence-electron chi connectivity index (χ0n) is 12.2. The van der Waals surface area contributed by atoms with Gasteiger partial charge in [0.05, 0.1) is 23.9 Å². The third-order valence-corrected chi connectivity index (χ3v) is 3.74. The van der Waals surface area contributed by atoms with Crippen molar-refractivity contribution in [3.8, 4) is 16.9 Å². The van der Waals surface area contributed by atoms with Crippen LogP contribution in [0.5, 0.6) is 5.75 Å². The summed E-state index contributed by atoms with van der Waals surface area (Å²) in [5.41, 5.74) is 2.44. The molecule has 1 aromatic heterocycles. The van der Waals surface area contributed by atoms with Crippen LogP contribution < -0.4 is 10.1 Å². The maximum absolute atomic E-state index is 12.1. The SMILES string of the molecule is Cc1c(-c2cc(C(=O)O)cc3c2OCCNC3=O)cnn1C. The standard InChI is InChI=1S/C15H15N3O4/c1-8-12(7-17-18(8)2)10-5-9(15(20)21)6-11-13(10)22-4-3-16-14(11)19/h5-7H,3-4H2,1-2H3,(H,16,19)(H,20,21). The Morgan fingerprint density at radius 1 is 1.36 bits per heavy atom. The Balaban J connectivity index is 2.30. The third-order valence-electron chi connectivity index (χ3n) is 3.74. The molecule has 2 N–H and O–H groups in total. The number of carboxylic acids is 1. The third kappa shape index (κ3) is 2.20. The van der Waals surface area contributed by atoms with Crippen molar-refractivity contribution in [2.24, 2.45) is 7.05 Å². The normalized spacial score (nSPS) is 13.8. The van der Waals surface area contributed by atoms with Crippen molar-refractivity contribution in [1.29, 1.82) is 0 Å². The molecule has 0 radical (unpaired) electrons. The number of aryl methyl sites for hydroxylation is 1. The van der Waals surface area contributed by atoms with E-state index in [0.717, 1.165) is 11.3 Å². The van der Waals surface area contributed by atoms with Crippen molar-refractivity contribution in [3.05, 3.63) is 35.2 Å². The summed E-state index contributed by atoms with van der Waals surface area (Å²) in [5.74, 6) is -1.03. The number of carbonyl (C=O) groups is 2. The number of nitrogens with one attached hydrogen (secondary N) is 1. The quantitative estimate of drug-likeness (QED) is 0.869. The van der Waals surface area contributed by atoms with Gasteiger partial charge in [-0.3, -0.25) is 9.48 Å². The minimum absolute atomic E-state index is 0.0395. The average Bonchev–Trinajstić information content (AvgIpc) is 2.70. The predicted molar refractivity (Wildman–Crippen MR) is 78.2 cm³/mol. The summed E-state index contributed by atoms with van der Waals surface area (Å²) in [5, 5.41) is 16.2. The van der Waals surface area contributed by atoms with Crippen LogP contribution in [-0.4, -0.2) is 39.9 Å². The number of nitrogens with zero attached hydrogens (tertiary/aromatic N) is 2. The molecule has 1 amide bonds. The first-order valence-electron chi connectivity index (χ1n) is 6.80. The molecule has 0 saturated heterocycles. The van der Waals surface area contributed by atoms with E-state index in [1.807, 2.05) is 6.92 Å². The Hall–Kier alpha value is -2.83. The number of aromatic nitrogens is 2. The van der Waals surface area contributed by atoms with Crippen LogP contribution in [0.1, 0.15) is 26.4 Å². The molecule has 2 heterocycles. The van der Waals surface area contributed by atoms with Gasteiger partial charge in [-0.2, -0.15) is 5.10 Å². The molecule has 1 aromatic carbocycles. The van der Waals surface area contributed by atoms with Gasteiger partial charge in [-0.15, -0.1) is 0 Å². The summed E-state index contributed by atoms with van der Waals surface area (Å²) in [6.45, 7) is 2.58. The molecule has 7 heteroatoms. The van der Waals surface area contributed by atoms with E-state index in [1.54, 1.807) is 17.9 Å².